The minimum Gasteiger partial charge on any atom is -0.502 e. The lowest BCUT2D eigenvalue weighted by molar-refractivity contribution is -0.386. The maximum atomic E-state index is 12.6. The average molecular weight is 402 g/mol. The van der Waals surface area contributed by atoms with Crippen LogP contribution in [0, 0.1) is 24.0 Å². The number of aryl methyl sites for hydroxylation is 2. The van der Waals surface area contributed by atoms with Crippen molar-refractivity contribution < 1.29 is 18.4 Å². The van der Waals surface area contributed by atoms with Crippen molar-refractivity contribution in [1.29, 1.82) is 0 Å². The smallest absolute Gasteiger partial charge is 0.312 e. The molecule has 10 heteroatoms. The zero-order valence-electron chi connectivity index (χ0n) is 15.2. The lowest BCUT2D eigenvalue weighted by atomic mass is 10.2. The van der Waals surface area contributed by atoms with Crippen molar-refractivity contribution in [2.75, 3.05) is 4.72 Å². The monoisotopic (exact) mass is 402 g/mol. The Bertz CT molecular complexity index is 1150. The number of nitrogens with zero attached hydrogens (tertiary/aromatic N) is 3. The summed E-state index contributed by atoms with van der Waals surface area (Å²) in [6.07, 6.45) is 0. The molecule has 2 aromatic carbocycles. The third-order valence-electron chi connectivity index (χ3n) is 4.07. The van der Waals surface area contributed by atoms with Gasteiger partial charge in [0, 0.05) is 17.4 Å². The summed E-state index contributed by atoms with van der Waals surface area (Å²) in [5.74, 6) is -0.601. The van der Waals surface area contributed by atoms with Crippen molar-refractivity contribution in [3.05, 3.63) is 75.6 Å². The number of hydrogen-bond donors (Lipinski definition) is 2. The minimum atomic E-state index is -4.07. The quantitative estimate of drug-likeness (QED) is 0.482. The van der Waals surface area contributed by atoms with Crippen LogP contribution in [0.5, 0.6) is 5.75 Å². The summed E-state index contributed by atoms with van der Waals surface area (Å²) in [6.45, 7) is 4.30. The van der Waals surface area contributed by atoms with Gasteiger partial charge >= 0.3 is 5.69 Å². The molecule has 28 heavy (non-hydrogen) atoms. The van der Waals surface area contributed by atoms with Gasteiger partial charge in [-0.1, -0.05) is 12.1 Å². The standard InChI is InChI=1S/C18H18N4O5S/c1-12-8-13(2)21(19-12)11-14-4-3-5-15(9-14)20-28(26,27)16-6-7-18(23)17(10-16)22(24)25/h3-10,20,23H,11H2,1-2H3. The summed E-state index contributed by atoms with van der Waals surface area (Å²) in [7, 11) is -4.07. The number of nitro benzene ring substituents is 1. The molecule has 9 nitrogen and oxygen atoms in total. The first-order valence-electron chi connectivity index (χ1n) is 8.26. The number of hydrogen-bond acceptors (Lipinski definition) is 6. The van der Waals surface area contributed by atoms with Crippen LogP contribution in [-0.4, -0.2) is 28.2 Å². The van der Waals surface area contributed by atoms with Crippen LogP contribution in [0.25, 0.3) is 0 Å². The number of nitrogens with one attached hydrogen (secondary N) is 1. The lowest BCUT2D eigenvalue weighted by Gasteiger charge is -2.10. The third kappa shape index (κ3) is 4.12. The number of aromatic nitrogens is 2. The molecule has 0 aliphatic heterocycles. The molecular weight excluding hydrogens is 384 g/mol. The van der Waals surface area contributed by atoms with E-state index >= 15 is 0 Å². The second kappa shape index (κ2) is 7.31. The second-order valence-electron chi connectivity index (χ2n) is 6.30. The summed E-state index contributed by atoms with van der Waals surface area (Å²) in [6, 6.07) is 11.6. The van der Waals surface area contributed by atoms with Gasteiger partial charge in [0.1, 0.15) is 0 Å². The molecule has 3 aromatic rings. The van der Waals surface area contributed by atoms with Gasteiger partial charge < -0.3 is 5.11 Å². The van der Waals surface area contributed by atoms with Crippen molar-refractivity contribution in [3.63, 3.8) is 0 Å². The average Bonchev–Trinajstić information content (AvgIpc) is 2.92. The van der Waals surface area contributed by atoms with E-state index in [1.807, 2.05) is 30.7 Å². The van der Waals surface area contributed by atoms with Crippen molar-refractivity contribution in [2.45, 2.75) is 25.3 Å². The molecule has 146 valence electrons. The van der Waals surface area contributed by atoms with Crippen LogP contribution in [0.1, 0.15) is 17.0 Å². The first-order valence-corrected chi connectivity index (χ1v) is 9.74. The maximum absolute atomic E-state index is 12.6. The maximum Gasteiger partial charge on any atom is 0.312 e. The molecule has 0 aliphatic rings. The molecule has 0 radical (unpaired) electrons. The molecule has 0 aliphatic carbocycles. The summed E-state index contributed by atoms with van der Waals surface area (Å²) in [5, 5.41) is 24.8. The molecule has 0 spiro atoms. The van der Waals surface area contributed by atoms with Crippen LogP contribution in [0.15, 0.2) is 53.4 Å². The van der Waals surface area contributed by atoms with E-state index < -0.39 is 26.4 Å². The van der Waals surface area contributed by atoms with Gasteiger partial charge in [0.15, 0.2) is 5.75 Å². The van der Waals surface area contributed by atoms with E-state index in [2.05, 4.69) is 9.82 Å². The molecule has 0 fully saturated rings. The molecule has 0 unspecified atom stereocenters. The predicted octanol–water partition coefficient (Wildman–Crippen LogP) is 2.96. The Labute approximate surface area is 161 Å². The number of sulfonamides is 1. The van der Waals surface area contributed by atoms with E-state index in [-0.39, 0.29) is 4.90 Å². The van der Waals surface area contributed by atoms with Crippen molar-refractivity contribution >= 4 is 21.4 Å². The van der Waals surface area contributed by atoms with Gasteiger partial charge in [0.2, 0.25) is 0 Å². The molecule has 3 rings (SSSR count). The Morgan fingerprint density at radius 1 is 1.18 bits per heavy atom. The molecule has 2 N–H and O–H groups in total. The molecule has 1 aromatic heterocycles. The van der Waals surface area contributed by atoms with E-state index in [1.165, 1.54) is 0 Å². The molecule has 0 saturated carbocycles. The Hall–Kier alpha value is -3.40. The van der Waals surface area contributed by atoms with E-state index in [1.54, 1.807) is 18.2 Å². The summed E-state index contributed by atoms with van der Waals surface area (Å²) in [5.41, 5.74) is 2.35. The first kappa shape index (κ1) is 19.4. The van der Waals surface area contributed by atoms with Gasteiger partial charge in [-0.15, -0.1) is 0 Å². The van der Waals surface area contributed by atoms with Gasteiger partial charge in [-0.25, -0.2) is 8.42 Å². The van der Waals surface area contributed by atoms with Crippen LogP contribution in [0.3, 0.4) is 0 Å². The Morgan fingerprint density at radius 3 is 2.57 bits per heavy atom. The normalized spacial score (nSPS) is 11.4. The zero-order chi connectivity index (χ0) is 20.5. The Balaban J connectivity index is 1.86. The predicted molar refractivity (Wildman–Crippen MR) is 103 cm³/mol. The molecule has 0 amide bonds. The van der Waals surface area contributed by atoms with E-state index in [4.69, 9.17) is 0 Å². The van der Waals surface area contributed by atoms with Crippen molar-refractivity contribution in [1.82, 2.24) is 9.78 Å². The van der Waals surface area contributed by atoms with Crippen molar-refractivity contribution in [2.24, 2.45) is 0 Å². The molecule has 0 bridgehead atoms. The van der Waals surface area contributed by atoms with Crippen LogP contribution < -0.4 is 4.72 Å². The van der Waals surface area contributed by atoms with Gasteiger partial charge in [-0.05, 0) is 49.7 Å². The van der Waals surface area contributed by atoms with Gasteiger partial charge in [-0.3, -0.25) is 19.5 Å². The van der Waals surface area contributed by atoms with Crippen LogP contribution >= 0.6 is 0 Å². The number of aromatic hydroxyl groups is 1. The van der Waals surface area contributed by atoms with E-state index in [0.717, 1.165) is 35.2 Å². The second-order valence-corrected chi connectivity index (χ2v) is 7.98. The highest BCUT2D eigenvalue weighted by atomic mass is 32.2. The SMILES string of the molecule is Cc1cc(C)n(Cc2cccc(NS(=O)(=O)c3ccc(O)c([N+](=O)[O-])c3)c2)n1. The third-order valence-corrected chi connectivity index (χ3v) is 5.45. The molecule has 0 atom stereocenters. The zero-order valence-corrected chi connectivity index (χ0v) is 16.0. The number of nitro groups is 1. The van der Waals surface area contributed by atoms with Crippen LogP contribution in [0.2, 0.25) is 0 Å². The number of rotatable bonds is 6. The van der Waals surface area contributed by atoms with Gasteiger partial charge in [-0.2, -0.15) is 5.10 Å². The largest absolute Gasteiger partial charge is 0.502 e. The fraction of sp³-hybridized carbons (Fsp3) is 0.167. The highest BCUT2D eigenvalue weighted by Gasteiger charge is 2.21. The molecular formula is C18H18N4O5S. The number of phenolic OH excluding ortho intramolecular Hbond substituents is 1. The lowest BCUT2D eigenvalue weighted by Crippen LogP contribution is -2.13. The first-order chi connectivity index (χ1) is 13.2. The van der Waals surface area contributed by atoms with Gasteiger partial charge in [0.05, 0.1) is 22.1 Å². The Kier molecular flexibility index (Phi) is 5.06. The molecule has 0 saturated heterocycles. The summed E-state index contributed by atoms with van der Waals surface area (Å²) < 4.78 is 29.4. The topological polar surface area (TPSA) is 127 Å². The number of benzene rings is 2. The van der Waals surface area contributed by atoms with E-state index in [0.29, 0.717) is 12.2 Å². The minimum absolute atomic E-state index is 0.315. The van der Waals surface area contributed by atoms with Crippen molar-refractivity contribution in [3.8, 4) is 5.75 Å². The highest BCUT2D eigenvalue weighted by molar-refractivity contribution is 7.92. The fourth-order valence-electron chi connectivity index (χ4n) is 2.77. The Morgan fingerprint density at radius 2 is 1.93 bits per heavy atom. The van der Waals surface area contributed by atoms with Crippen LogP contribution in [-0.2, 0) is 16.6 Å². The highest BCUT2D eigenvalue weighted by Crippen LogP contribution is 2.29. The molecule has 1 heterocycles. The summed E-state index contributed by atoms with van der Waals surface area (Å²) >= 11 is 0. The number of anilines is 1. The van der Waals surface area contributed by atoms with Gasteiger partial charge in [0.25, 0.3) is 10.0 Å². The number of phenols is 1. The fourth-order valence-corrected chi connectivity index (χ4v) is 3.84. The summed E-state index contributed by atoms with van der Waals surface area (Å²) in [4.78, 5) is 9.77. The van der Waals surface area contributed by atoms with E-state index in [9.17, 15) is 23.6 Å². The van der Waals surface area contributed by atoms with Crippen LogP contribution in [0.4, 0.5) is 11.4 Å².